The van der Waals surface area contributed by atoms with Gasteiger partial charge in [0.2, 0.25) is 0 Å². The third-order valence-electron chi connectivity index (χ3n) is 1.94. The third kappa shape index (κ3) is 2.33. The quantitative estimate of drug-likeness (QED) is 0.610. The van der Waals surface area contributed by atoms with Crippen LogP contribution in [0.2, 0.25) is 0 Å². The van der Waals surface area contributed by atoms with Crippen molar-refractivity contribution in [2.75, 3.05) is 0 Å². The van der Waals surface area contributed by atoms with Crippen molar-refractivity contribution in [1.82, 2.24) is 0 Å². The van der Waals surface area contributed by atoms with E-state index in [2.05, 4.69) is 6.58 Å². The number of hydrogen-bond acceptors (Lipinski definition) is 2. The highest BCUT2D eigenvalue weighted by atomic mass is 32.2. The molecule has 1 rings (SSSR count). The molecule has 0 fully saturated rings. The molecule has 0 heterocycles. The van der Waals surface area contributed by atoms with Crippen LogP contribution in [0.25, 0.3) is 5.57 Å². The van der Waals surface area contributed by atoms with Gasteiger partial charge >= 0.3 is 0 Å². The molecule has 0 saturated carbocycles. The van der Waals surface area contributed by atoms with Gasteiger partial charge in [-0.15, -0.1) is 0 Å². The van der Waals surface area contributed by atoms with E-state index in [1.54, 1.807) is 30.3 Å². The summed E-state index contributed by atoms with van der Waals surface area (Å²) in [5.41, 5.74) is 1.97. The Labute approximate surface area is 85.5 Å². The fraction of sp³-hybridized carbons (Fsp3) is 0.0909. The molecule has 0 bridgehead atoms. The van der Waals surface area contributed by atoms with Gasteiger partial charge in [-0.1, -0.05) is 30.9 Å². The van der Waals surface area contributed by atoms with Crippen molar-refractivity contribution in [3.05, 3.63) is 48.6 Å². The molecule has 0 N–H and O–H groups in total. The first-order chi connectivity index (χ1) is 6.69. The summed E-state index contributed by atoms with van der Waals surface area (Å²) < 4.78 is 21.2. The highest BCUT2D eigenvalue weighted by Crippen LogP contribution is 2.16. The second kappa shape index (κ2) is 4.77. The predicted molar refractivity (Wildman–Crippen MR) is 58.9 cm³/mol. The van der Waals surface area contributed by atoms with Crippen LogP contribution in [0.1, 0.15) is 12.5 Å². The SMILES string of the molecule is C=C/C(=C\C)c1ccc([SH](=O)=O)cc1. The van der Waals surface area contributed by atoms with Crippen LogP contribution >= 0.6 is 0 Å². The average molecular weight is 208 g/mol. The van der Waals surface area contributed by atoms with Crippen molar-refractivity contribution in [2.45, 2.75) is 11.8 Å². The van der Waals surface area contributed by atoms with E-state index in [-0.39, 0.29) is 0 Å². The van der Waals surface area contributed by atoms with Gasteiger partial charge in [0.05, 0.1) is 4.90 Å². The second-order valence-electron chi connectivity index (χ2n) is 2.75. The van der Waals surface area contributed by atoms with Crippen molar-refractivity contribution < 1.29 is 8.42 Å². The largest absolute Gasteiger partial charge is 0.227 e. The molecule has 2 nitrogen and oxygen atoms in total. The van der Waals surface area contributed by atoms with E-state index < -0.39 is 10.7 Å². The molecule has 74 valence electrons. The number of benzene rings is 1. The first-order valence-corrected chi connectivity index (χ1v) is 5.40. The summed E-state index contributed by atoms with van der Waals surface area (Å²) in [7, 11) is -2.48. The van der Waals surface area contributed by atoms with Crippen LogP contribution in [-0.2, 0) is 10.7 Å². The lowest BCUT2D eigenvalue weighted by Crippen LogP contribution is -1.83. The molecule has 0 aliphatic carbocycles. The molecule has 14 heavy (non-hydrogen) atoms. The predicted octanol–water partition coefficient (Wildman–Crippen LogP) is 2.25. The molecule has 0 saturated heterocycles. The molecule has 0 aliphatic rings. The van der Waals surface area contributed by atoms with E-state index in [1.807, 2.05) is 13.0 Å². The lowest BCUT2D eigenvalue weighted by atomic mass is 10.1. The van der Waals surface area contributed by atoms with Crippen molar-refractivity contribution in [3.8, 4) is 0 Å². The van der Waals surface area contributed by atoms with Gasteiger partial charge in [-0.05, 0) is 30.2 Å². The Balaban J connectivity index is 3.11. The summed E-state index contributed by atoms with van der Waals surface area (Å²) in [4.78, 5) is 0.336. The molecule has 1 aromatic rings. The summed E-state index contributed by atoms with van der Waals surface area (Å²) in [6.07, 6.45) is 3.67. The van der Waals surface area contributed by atoms with Gasteiger partial charge in [0, 0.05) is 0 Å². The van der Waals surface area contributed by atoms with Gasteiger partial charge in [0.1, 0.15) is 0 Å². The Bertz CT molecular complexity index is 417. The Hall–Kier alpha value is -1.35. The zero-order valence-corrected chi connectivity index (χ0v) is 8.83. The molecule has 0 amide bonds. The van der Waals surface area contributed by atoms with Gasteiger partial charge in [-0.2, -0.15) is 0 Å². The Kier molecular flexibility index (Phi) is 3.65. The molecule has 0 aliphatic heterocycles. The number of rotatable bonds is 3. The van der Waals surface area contributed by atoms with Gasteiger partial charge in [0.25, 0.3) is 0 Å². The molecular weight excluding hydrogens is 196 g/mol. The van der Waals surface area contributed by atoms with E-state index in [1.165, 1.54) is 0 Å². The minimum Gasteiger partial charge on any atom is -0.227 e. The van der Waals surface area contributed by atoms with Crippen molar-refractivity contribution >= 4 is 16.3 Å². The van der Waals surface area contributed by atoms with Gasteiger partial charge in [-0.25, -0.2) is 8.42 Å². The maximum Gasteiger partial charge on any atom is 0.168 e. The highest BCUT2D eigenvalue weighted by Gasteiger charge is 1.97. The smallest absolute Gasteiger partial charge is 0.168 e. The number of allylic oxidation sites excluding steroid dienone is 3. The molecule has 0 radical (unpaired) electrons. The van der Waals surface area contributed by atoms with Gasteiger partial charge < -0.3 is 0 Å². The summed E-state index contributed by atoms with van der Waals surface area (Å²) in [6.45, 7) is 5.59. The van der Waals surface area contributed by atoms with Crippen LogP contribution in [0.5, 0.6) is 0 Å². The van der Waals surface area contributed by atoms with E-state index in [4.69, 9.17) is 0 Å². The van der Waals surface area contributed by atoms with Crippen LogP contribution in [-0.4, -0.2) is 8.42 Å². The zero-order valence-electron chi connectivity index (χ0n) is 7.93. The van der Waals surface area contributed by atoms with Crippen LogP contribution in [0.4, 0.5) is 0 Å². The third-order valence-corrected chi connectivity index (χ3v) is 2.66. The minimum absolute atomic E-state index is 0.336. The topological polar surface area (TPSA) is 34.1 Å². The standard InChI is InChI=1S/C11H12O2S/c1-3-9(4-2)10-5-7-11(8-6-10)14(12)13/h3-8,14H,1H2,2H3/b9-4+. The van der Waals surface area contributed by atoms with Crippen molar-refractivity contribution in [3.63, 3.8) is 0 Å². The molecule has 1 aromatic carbocycles. The van der Waals surface area contributed by atoms with Crippen LogP contribution in [0.15, 0.2) is 47.9 Å². The fourth-order valence-corrected chi connectivity index (χ4v) is 1.57. The zero-order chi connectivity index (χ0) is 10.6. The average Bonchev–Trinajstić information content (AvgIpc) is 2.20. The highest BCUT2D eigenvalue weighted by molar-refractivity contribution is 7.72. The number of thiol groups is 1. The summed E-state index contributed by atoms with van der Waals surface area (Å²) in [5, 5.41) is 0. The summed E-state index contributed by atoms with van der Waals surface area (Å²) in [6, 6.07) is 6.73. The van der Waals surface area contributed by atoms with E-state index in [9.17, 15) is 8.42 Å². The van der Waals surface area contributed by atoms with Crippen LogP contribution < -0.4 is 0 Å². The van der Waals surface area contributed by atoms with Crippen LogP contribution in [0.3, 0.4) is 0 Å². The first-order valence-electron chi connectivity index (χ1n) is 4.22. The van der Waals surface area contributed by atoms with Gasteiger partial charge in [0.15, 0.2) is 10.7 Å². The normalized spacial score (nSPS) is 11.7. The van der Waals surface area contributed by atoms with E-state index >= 15 is 0 Å². The Morgan fingerprint density at radius 3 is 2.21 bits per heavy atom. The van der Waals surface area contributed by atoms with Crippen molar-refractivity contribution in [2.24, 2.45) is 0 Å². The summed E-state index contributed by atoms with van der Waals surface area (Å²) in [5.74, 6) is 0. The molecule has 3 heteroatoms. The molecule has 0 atom stereocenters. The van der Waals surface area contributed by atoms with E-state index in [0.29, 0.717) is 4.90 Å². The van der Waals surface area contributed by atoms with Crippen LogP contribution in [0, 0.1) is 0 Å². The monoisotopic (exact) mass is 208 g/mol. The maximum atomic E-state index is 10.6. The molecule has 0 spiro atoms. The maximum absolute atomic E-state index is 10.6. The van der Waals surface area contributed by atoms with Crippen molar-refractivity contribution in [1.29, 1.82) is 0 Å². The van der Waals surface area contributed by atoms with E-state index in [0.717, 1.165) is 11.1 Å². The molecule has 0 unspecified atom stereocenters. The second-order valence-corrected chi connectivity index (χ2v) is 3.78. The number of hydrogen-bond donors (Lipinski definition) is 1. The van der Waals surface area contributed by atoms with Gasteiger partial charge in [-0.3, -0.25) is 0 Å². The molecular formula is C11H12O2S. The first kappa shape index (κ1) is 10.7. The lowest BCUT2D eigenvalue weighted by Gasteiger charge is -2.00. The minimum atomic E-state index is -2.48. The lowest BCUT2D eigenvalue weighted by molar-refractivity contribution is 0.614. The molecule has 0 aromatic heterocycles. The Morgan fingerprint density at radius 1 is 1.29 bits per heavy atom. The summed E-state index contributed by atoms with van der Waals surface area (Å²) >= 11 is 0. The Morgan fingerprint density at radius 2 is 1.86 bits per heavy atom. The fourth-order valence-electron chi connectivity index (χ4n) is 1.18.